The van der Waals surface area contributed by atoms with Crippen LogP contribution >= 0.6 is 0 Å². The van der Waals surface area contributed by atoms with Crippen molar-refractivity contribution in [3.8, 4) is 5.75 Å². The summed E-state index contributed by atoms with van der Waals surface area (Å²) in [5.41, 5.74) is 6.04. The van der Waals surface area contributed by atoms with Gasteiger partial charge in [-0.25, -0.2) is 0 Å². The summed E-state index contributed by atoms with van der Waals surface area (Å²) in [6.07, 6.45) is -1.43. The highest BCUT2D eigenvalue weighted by molar-refractivity contribution is 5.40. The minimum atomic E-state index is -1.38. The Morgan fingerprint density at radius 2 is 1.22 bits per heavy atom. The first kappa shape index (κ1) is 34.1. The molecule has 7 nitrogen and oxygen atoms in total. The fraction of sp³-hybridized carbons (Fsp3) is 0.302. The van der Waals surface area contributed by atoms with Crippen molar-refractivity contribution in [1.29, 1.82) is 0 Å². The summed E-state index contributed by atoms with van der Waals surface area (Å²) in [4.78, 5) is 0. The Balaban J connectivity index is 1.30. The largest absolute Gasteiger partial charge is 0.497 e. The van der Waals surface area contributed by atoms with Gasteiger partial charge in [0.1, 0.15) is 29.7 Å². The van der Waals surface area contributed by atoms with Gasteiger partial charge in [-0.3, -0.25) is 0 Å². The molecule has 2 aliphatic heterocycles. The molecule has 2 fully saturated rings. The molecule has 1 N–H and O–H groups in total. The molecule has 0 aromatic heterocycles. The smallest absolute Gasteiger partial charge is 0.225 e. The van der Waals surface area contributed by atoms with E-state index in [1.165, 1.54) is 0 Å². The number of aliphatic hydroxyl groups is 1. The van der Waals surface area contributed by atoms with Crippen molar-refractivity contribution >= 4 is 0 Å². The van der Waals surface area contributed by atoms with Gasteiger partial charge >= 0.3 is 0 Å². The molecule has 0 spiro atoms. The minimum absolute atomic E-state index is 0.0983. The fourth-order valence-corrected chi connectivity index (χ4v) is 6.97. The molecule has 7 heteroatoms. The van der Waals surface area contributed by atoms with E-state index >= 15 is 0 Å². The molecule has 0 saturated carbocycles. The molecule has 0 radical (unpaired) electrons. The highest BCUT2D eigenvalue weighted by Gasteiger charge is 2.69. The maximum Gasteiger partial charge on any atom is 0.225 e. The van der Waals surface area contributed by atoms with E-state index in [1.54, 1.807) is 7.11 Å². The third kappa shape index (κ3) is 7.12. The van der Waals surface area contributed by atoms with Crippen LogP contribution in [0.3, 0.4) is 0 Å². The normalized spacial score (nSPS) is 24.3. The first-order valence-electron chi connectivity index (χ1n) is 17.2. The molecule has 2 bridgehead atoms. The molecule has 5 atom stereocenters. The van der Waals surface area contributed by atoms with Crippen molar-refractivity contribution in [3.05, 3.63) is 172 Å². The van der Waals surface area contributed by atoms with Gasteiger partial charge in [0, 0.05) is 5.56 Å². The van der Waals surface area contributed by atoms with Crippen LogP contribution in [0.4, 0.5) is 0 Å². The van der Waals surface area contributed by atoms with Crippen LogP contribution in [0.25, 0.3) is 0 Å². The Morgan fingerprint density at radius 3 is 1.78 bits per heavy atom. The molecular formula is C43H44O7. The molecule has 50 heavy (non-hydrogen) atoms. The molecule has 2 saturated heterocycles. The Hall–Kier alpha value is -4.34. The Kier molecular flexibility index (Phi) is 10.4. The fourth-order valence-electron chi connectivity index (χ4n) is 6.97. The quantitative estimate of drug-likeness (QED) is 0.133. The van der Waals surface area contributed by atoms with Crippen molar-refractivity contribution in [2.75, 3.05) is 20.3 Å². The van der Waals surface area contributed by atoms with Crippen molar-refractivity contribution in [2.24, 2.45) is 0 Å². The third-order valence-electron chi connectivity index (χ3n) is 9.78. The van der Waals surface area contributed by atoms with Crippen molar-refractivity contribution in [2.45, 2.75) is 62.9 Å². The van der Waals surface area contributed by atoms with Crippen LogP contribution < -0.4 is 4.74 Å². The second-order valence-corrected chi connectivity index (χ2v) is 13.1. The zero-order valence-corrected chi connectivity index (χ0v) is 28.6. The monoisotopic (exact) mass is 672 g/mol. The molecule has 3 unspecified atom stereocenters. The van der Waals surface area contributed by atoms with Crippen LogP contribution in [0.2, 0.25) is 0 Å². The lowest BCUT2D eigenvalue weighted by Gasteiger charge is -2.50. The van der Waals surface area contributed by atoms with Gasteiger partial charge in [-0.1, -0.05) is 115 Å². The van der Waals surface area contributed by atoms with Gasteiger partial charge < -0.3 is 33.5 Å². The van der Waals surface area contributed by atoms with Crippen molar-refractivity contribution < 1.29 is 33.5 Å². The van der Waals surface area contributed by atoms with Gasteiger partial charge in [-0.2, -0.15) is 0 Å². The predicted octanol–water partition coefficient (Wildman–Crippen LogP) is 7.29. The molecule has 0 aliphatic carbocycles. The van der Waals surface area contributed by atoms with E-state index in [4.69, 9.17) is 28.4 Å². The van der Waals surface area contributed by atoms with Crippen molar-refractivity contribution in [1.82, 2.24) is 0 Å². The maximum absolute atomic E-state index is 11.1. The van der Waals surface area contributed by atoms with Crippen LogP contribution in [0.15, 0.2) is 133 Å². The Labute approximate surface area is 294 Å². The molecule has 2 heterocycles. The number of aryl methyl sites for hydroxylation is 1. The number of aliphatic hydroxyl groups excluding tert-OH is 1. The SMILES string of the molecule is COc1ccc(Cc2cc(C34OCC(CO)(O3)[C@@H](OCc3ccccc3)[C@H](OCc3ccccc3)C4OCc3ccccc3)ccc2C)cc1. The van der Waals surface area contributed by atoms with Gasteiger partial charge in [-0.05, 0) is 64.9 Å². The molecule has 5 aromatic rings. The highest BCUT2D eigenvalue weighted by Crippen LogP contribution is 2.53. The zero-order chi connectivity index (χ0) is 34.4. The van der Waals surface area contributed by atoms with Gasteiger partial charge in [0.25, 0.3) is 0 Å². The van der Waals surface area contributed by atoms with Crippen LogP contribution in [0.5, 0.6) is 5.75 Å². The second-order valence-electron chi connectivity index (χ2n) is 13.1. The lowest BCUT2D eigenvalue weighted by Crippen LogP contribution is -2.67. The highest BCUT2D eigenvalue weighted by atomic mass is 16.8. The first-order valence-corrected chi connectivity index (χ1v) is 17.2. The summed E-state index contributed by atoms with van der Waals surface area (Å²) >= 11 is 0. The maximum atomic E-state index is 11.1. The molecule has 5 aromatic carbocycles. The number of ether oxygens (including phenoxy) is 6. The predicted molar refractivity (Wildman–Crippen MR) is 191 cm³/mol. The van der Waals surface area contributed by atoms with Gasteiger partial charge in [0.15, 0.2) is 0 Å². The van der Waals surface area contributed by atoms with Crippen LogP contribution in [0.1, 0.15) is 38.9 Å². The van der Waals surface area contributed by atoms with E-state index in [0.717, 1.165) is 44.7 Å². The number of hydrogen-bond acceptors (Lipinski definition) is 7. The molecular weight excluding hydrogens is 628 g/mol. The topological polar surface area (TPSA) is 75.6 Å². The standard InChI is InChI=1S/C43H44O7/c1-31-18-21-37(25-36(31)24-32-19-22-38(45-2)23-20-32)43-41(48-28-35-16-10-5-11-17-35)39(46-26-33-12-6-3-7-13-33)40(42(29-44,50-43)30-49-43)47-27-34-14-8-4-9-15-34/h3-23,25,39-41,44H,24,26-30H2,1-2H3/t39-,40-,41?,42?,43?/m0/s1. The molecule has 0 amide bonds. The van der Waals surface area contributed by atoms with Gasteiger partial charge in [0.05, 0.1) is 40.1 Å². The second kappa shape index (κ2) is 15.3. The van der Waals surface area contributed by atoms with Gasteiger partial charge in [0.2, 0.25) is 5.79 Å². The molecule has 258 valence electrons. The number of rotatable bonds is 14. The molecule has 2 aliphatic rings. The Bertz CT molecular complexity index is 1820. The Morgan fingerprint density at radius 1 is 0.660 bits per heavy atom. The number of fused-ring (bicyclic) bond motifs is 2. The summed E-state index contributed by atoms with van der Waals surface area (Å²) in [5.74, 6) is -0.564. The molecule has 7 rings (SSSR count). The van der Waals surface area contributed by atoms with Crippen LogP contribution in [-0.2, 0) is 55.7 Å². The minimum Gasteiger partial charge on any atom is -0.497 e. The van der Waals surface area contributed by atoms with E-state index in [0.29, 0.717) is 26.2 Å². The number of benzene rings is 5. The summed E-state index contributed by atoms with van der Waals surface area (Å²) < 4.78 is 39.7. The first-order chi connectivity index (χ1) is 24.5. The van der Waals surface area contributed by atoms with Crippen LogP contribution in [0, 0.1) is 6.92 Å². The van der Waals surface area contributed by atoms with E-state index in [9.17, 15) is 5.11 Å². The van der Waals surface area contributed by atoms with E-state index in [-0.39, 0.29) is 13.2 Å². The van der Waals surface area contributed by atoms with E-state index in [2.05, 4.69) is 31.2 Å². The average Bonchev–Trinajstić information content (AvgIpc) is 3.53. The zero-order valence-electron chi connectivity index (χ0n) is 28.6. The summed E-state index contributed by atoms with van der Waals surface area (Å²) in [7, 11) is 1.67. The van der Waals surface area contributed by atoms with Crippen molar-refractivity contribution in [3.63, 3.8) is 0 Å². The summed E-state index contributed by atoms with van der Waals surface area (Å²) in [6.45, 7) is 2.80. The summed E-state index contributed by atoms with van der Waals surface area (Å²) in [5, 5.41) is 11.1. The lowest BCUT2D eigenvalue weighted by atomic mass is 9.82. The van der Waals surface area contributed by atoms with Crippen LogP contribution in [-0.4, -0.2) is 49.3 Å². The van der Waals surface area contributed by atoms with E-state index in [1.807, 2.05) is 109 Å². The lowest BCUT2D eigenvalue weighted by molar-refractivity contribution is -0.353. The number of hydrogen-bond donors (Lipinski definition) is 1. The average molecular weight is 673 g/mol. The summed E-state index contributed by atoms with van der Waals surface area (Å²) in [6, 6.07) is 44.5. The van der Waals surface area contributed by atoms with Gasteiger partial charge in [-0.15, -0.1) is 0 Å². The third-order valence-corrected chi connectivity index (χ3v) is 9.78. The number of methoxy groups -OCH3 is 1. The van der Waals surface area contributed by atoms with E-state index < -0.39 is 29.7 Å².